The molecule has 0 saturated carbocycles. The van der Waals surface area contributed by atoms with Gasteiger partial charge >= 0.3 is 0 Å². The Hall–Kier alpha value is -0.860. The number of rotatable bonds is 5. The van der Waals surface area contributed by atoms with E-state index in [9.17, 15) is 5.11 Å². The van der Waals surface area contributed by atoms with Gasteiger partial charge in [-0.1, -0.05) is 23.8 Å². The summed E-state index contributed by atoms with van der Waals surface area (Å²) in [6.45, 7) is 9.58. The summed E-state index contributed by atoms with van der Waals surface area (Å²) in [6, 6.07) is 6.59. The first-order valence-electron chi connectivity index (χ1n) is 6.25. The maximum atomic E-state index is 9.32. The summed E-state index contributed by atoms with van der Waals surface area (Å²) >= 11 is 0. The van der Waals surface area contributed by atoms with Crippen molar-refractivity contribution in [3.63, 3.8) is 0 Å². The number of likely N-dealkylation sites (N-methyl/N-ethyl adjacent to an activating group) is 1. The Morgan fingerprint density at radius 2 is 1.88 bits per heavy atom. The summed E-state index contributed by atoms with van der Waals surface area (Å²) in [5.41, 5.74) is 3.93. The molecule has 0 radical (unpaired) electrons. The van der Waals surface area contributed by atoms with Crippen molar-refractivity contribution in [1.29, 1.82) is 0 Å². The summed E-state index contributed by atoms with van der Waals surface area (Å²) < 4.78 is 0. The molecule has 1 rings (SSSR count). The van der Waals surface area contributed by atoms with Crippen LogP contribution in [0.3, 0.4) is 0 Å². The van der Waals surface area contributed by atoms with Gasteiger partial charge in [-0.25, -0.2) is 0 Å². The van der Waals surface area contributed by atoms with Gasteiger partial charge in [0.05, 0.1) is 6.61 Å². The highest BCUT2D eigenvalue weighted by atomic mass is 16.3. The van der Waals surface area contributed by atoms with Crippen molar-refractivity contribution in [1.82, 2.24) is 4.90 Å². The predicted molar refractivity (Wildman–Crippen MR) is 73.4 cm³/mol. The number of aliphatic hydroxyl groups excluding tert-OH is 1. The Bertz CT molecular complexity index is 371. The minimum absolute atomic E-state index is 0.141. The van der Waals surface area contributed by atoms with E-state index in [-0.39, 0.29) is 12.1 Å². The van der Waals surface area contributed by atoms with Crippen molar-refractivity contribution in [2.75, 3.05) is 20.2 Å². The van der Waals surface area contributed by atoms with Gasteiger partial charge in [-0.3, -0.25) is 4.90 Å². The first-order valence-corrected chi connectivity index (χ1v) is 6.25. The van der Waals surface area contributed by atoms with Crippen molar-refractivity contribution in [2.24, 2.45) is 0 Å². The van der Waals surface area contributed by atoms with Gasteiger partial charge in [-0.2, -0.15) is 0 Å². The van der Waals surface area contributed by atoms with Gasteiger partial charge in [0, 0.05) is 12.1 Å². The van der Waals surface area contributed by atoms with Gasteiger partial charge in [-0.15, -0.1) is 0 Å². The molecule has 2 nitrogen and oxygen atoms in total. The van der Waals surface area contributed by atoms with E-state index in [1.54, 1.807) is 0 Å². The zero-order valence-electron chi connectivity index (χ0n) is 11.7. The molecule has 0 bridgehead atoms. The fourth-order valence-corrected chi connectivity index (χ4v) is 1.78. The number of aryl methyl sites for hydroxylation is 2. The quantitative estimate of drug-likeness (QED) is 0.848. The zero-order chi connectivity index (χ0) is 13.1. The standard InChI is InChI=1S/C15H25NO/c1-12-6-7-13(2)14(10-12)8-9-16(5)15(3,4)11-17/h6-7,10,17H,8-9,11H2,1-5H3. The SMILES string of the molecule is Cc1ccc(C)c(CCN(C)C(C)(C)CO)c1. The molecule has 2 heteroatoms. The van der Waals surface area contributed by atoms with Crippen LogP contribution in [0.2, 0.25) is 0 Å². The van der Waals surface area contributed by atoms with Gasteiger partial charge in [0.15, 0.2) is 0 Å². The normalized spacial score (nSPS) is 12.2. The second-order valence-corrected chi connectivity index (χ2v) is 5.57. The molecule has 1 aromatic carbocycles. The Balaban J connectivity index is 2.64. The average Bonchev–Trinajstić information content (AvgIpc) is 2.29. The predicted octanol–water partition coefficient (Wildman–Crippen LogP) is 2.55. The minimum Gasteiger partial charge on any atom is -0.394 e. The van der Waals surface area contributed by atoms with Crippen molar-refractivity contribution < 1.29 is 5.11 Å². The monoisotopic (exact) mass is 235 g/mol. The van der Waals surface area contributed by atoms with Crippen LogP contribution < -0.4 is 0 Å². The molecule has 0 spiro atoms. The smallest absolute Gasteiger partial charge is 0.0609 e. The zero-order valence-corrected chi connectivity index (χ0v) is 11.7. The molecule has 0 fully saturated rings. The molecule has 0 amide bonds. The largest absolute Gasteiger partial charge is 0.394 e. The molecular formula is C15H25NO. The Kier molecular flexibility index (Phi) is 4.72. The van der Waals surface area contributed by atoms with E-state index in [2.05, 4.69) is 57.8 Å². The summed E-state index contributed by atoms with van der Waals surface area (Å²) in [5.74, 6) is 0. The molecule has 0 saturated heterocycles. The van der Waals surface area contributed by atoms with Crippen molar-refractivity contribution in [2.45, 2.75) is 39.7 Å². The first kappa shape index (κ1) is 14.2. The molecule has 1 N–H and O–H groups in total. The Morgan fingerprint density at radius 3 is 2.47 bits per heavy atom. The van der Waals surface area contributed by atoms with Gasteiger partial charge < -0.3 is 5.11 Å². The lowest BCUT2D eigenvalue weighted by Crippen LogP contribution is -2.45. The summed E-state index contributed by atoms with van der Waals surface area (Å²) in [4.78, 5) is 2.22. The molecule has 0 aliphatic rings. The van der Waals surface area contributed by atoms with E-state index in [0.29, 0.717) is 0 Å². The second-order valence-electron chi connectivity index (χ2n) is 5.57. The maximum Gasteiger partial charge on any atom is 0.0609 e. The van der Waals surface area contributed by atoms with Gasteiger partial charge in [0.25, 0.3) is 0 Å². The number of nitrogens with zero attached hydrogens (tertiary/aromatic N) is 1. The third-order valence-electron chi connectivity index (χ3n) is 3.64. The number of hydrogen-bond donors (Lipinski definition) is 1. The van der Waals surface area contributed by atoms with Crippen molar-refractivity contribution >= 4 is 0 Å². The lowest BCUT2D eigenvalue weighted by Gasteiger charge is -2.34. The van der Waals surface area contributed by atoms with Crippen LogP contribution in [-0.2, 0) is 6.42 Å². The average molecular weight is 235 g/mol. The lowest BCUT2D eigenvalue weighted by atomic mass is 10.0. The van der Waals surface area contributed by atoms with Crippen molar-refractivity contribution in [3.8, 4) is 0 Å². The second kappa shape index (κ2) is 5.65. The lowest BCUT2D eigenvalue weighted by molar-refractivity contribution is 0.0800. The van der Waals surface area contributed by atoms with Crippen molar-refractivity contribution in [3.05, 3.63) is 34.9 Å². The van der Waals surface area contributed by atoms with Gasteiger partial charge in [0.1, 0.15) is 0 Å². The molecule has 0 unspecified atom stereocenters. The number of hydrogen-bond acceptors (Lipinski definition) is 2. The molecule has 1 aromatic rings. The highest BCUT2D eigenvalue weighted by Gasteiger charge is 2.21. The van der Waals surface area contributed by atoms with E-state index in [0.717, 1.165) is 13.0 Å². The van der Waals surface area contributed by atoms with Crippen LogP contribution in [-0.4, -0.2) is 35.7 Å². The van der Waals surface area contributed by atoms with E-state index in [1.165, 1.54) is 16.7 Å². The van der Waals surface area contributed by atoms with E-state index in [4.69, 9.17) is 0 Å². The number of aliphatic hydroxyl groups is 1. The van der Waals surface area contributed by atoms with Crippen LogP contribution in [0.4, 0.5) is 0 Å². The molecule has 0 aliphatic carbocycles. The molecule has 17 heavy (non-hydrogen) atoms. The molecule has 96 valence electrons. The fourth-order valence-electron chi connectivity index (χ4n) is 1.78. The topological polar surface area (TPSA) is 23.5 Å². The highest BCUT2D eigenvalue weighted by Crippen LogP contribution is 2.15. The van der Waals surface area contributed by atoms with Crippen LogP contribution in [0, 0.1) is 13.8 Å². The Labute approximate surface area is 105 Å². The molecule has 0 heterocycles. The molecule has 0 aliphatic heterocycles. The summed E-state index contributed by atoms with van der Waals surface area (Å²) in [6.07, 6.45) is 1.04. The fraction of sp³-hybridized carbons (Fsp3) is 0.600. The van der Waals surface area contributed by atoms with Gasteiger partial charge in [0.2, 0.25) is 0 Å². The highest BCUT2D eigenvalue weighted by molar-refractivity contribution is 5.30. The van der Waals surface area contributed by atoms with Crippen LogP contribution in [0.25, 0.3) is 0 Å². The molecular weight excluding hydrogens is 210 g/mol. The molecule has 0 atom stereocenters. The van der Waals surface area contributed by atoms with E-state index in [1.807, 2.05) is 0 Å². The summed E-state index contributed by atoms with van der Waals surface area (Å²) in [7, 11) is 2.07. The van der Waals surface area contributed by atoms with Crippen LogP contribution in [0.15, 0.2) is 18.2 Å². The minimum atomic E-state index is -0.141. The Morgan fingerprint density at radius 1 is 1.24 bits per heavy atom. The third-order valence-corrected chi connectivity index (χ3v) is 3.64. The van der Waals surface area contributed by atoms with Crippen LogP contribution >= 0.6 is 0 Å². The first-order chi connectivity index (χ1) is 7.86. The molecule has 0 aromatic heterocycles. The van der Waals surface area contributed by atoms with E-state index >= 15 is 0 Å². The van der Waals surface area contributed by atoms with Gasteiger partial charge in [-0.05, 0) is 52.3 Å². The summed E-state index contributed by atoms with van der Waals surface area (Å²) in [5, 5.41) is 9.32. The van der Waals surface area contributed by atoms with Crippen LogP contribution in [0.1, 0.15) is 30.5 Å². The third kappa shape index (κ3) is 3.83. The van der Waals surface area contributed by atoms with Crippen LogP contribution in [0.5, 0.6) is 0 Å². The number of benzene rings is 1. The maximum absolute atomic E-state index is 9.32. The van der Waals surface area contributed by atoms with E-state index < -0.39 is 0 Å².